The molecule has 0 aliphatic carbocycles. The number of hydrogen-bond acceptors (Lipinski definition) is 6. The molecule has 1 atom stereocenters. The van der Waals surface area contributed by atoms with Gasteiger partial charge in [-0.15, -0.1) is 0 Å². The minimum atomic E-state index is -0.984. The molecule has 1 spiro atoms. The summed E-state index contributed by atoms with van der Waals surface area (Å²) in [5.74, 6) is 0.528. The second-order valence-electron chi connectivity index (χ2n) is 10.4. The van der Waals surface area contributed by atoms with Crippen LogP contribution in [0.5, 0.6) is 11.5 Å². The van der Waals surface area contributed by atoms with E-state index in [0.29, 0.717) is 55.1 Å². The summed E-state index contributed by atoms with van der Waals surface area (Å²) < 4.78 is 17.1. The number of piperidine rings is 1. The number of likely N-dealkylation sites (tertiary alicyclic amines) is 1. The predicted molar refractivity (Wildman–Crippen MR) is 146 cm³/mol. The van der Waals surface area contributed by atoms with Crippen LogP contribution in [0.2, 0.25) is 0 Å². The van der Waals surface area contributed by atoms with E-state index in [1.165, 1.54) is 0 Å². The van der Waals surface area contributed by atoms with Crippen molar-refractivity contribution in [1.29, 1.82) is 0 Å². The van der Waals surface area contributed by atoms with Crippen molar-refractivity contribution in [1.82, 2.24) is 15.1 Å². The monoisotopic (exact) mass is 541 g/mol. The number of nitrogens with zero attached hydrogens (tertiary/aromatic N) is 2. The van der Waals surface area contributed by atoms with E-state index in [0.717, 1.165) is 11.1 Å². The van der Waals surface area contributed by atoms with E-state index in [1.807, 2.05) is 49.4 Å². The summed E-state index contributed by atoms with van der Waals surface area (Å²) in [6.07, 6.45) is 0.784. The third-order valence-electron chi connectivity index (χ3n) is 7.84. The number of amides is 3. The lowest BCUT2D eigenvalue weighted by atomic mass is 9.96. The Balaban J connectivity index is 1.21. The van der Waals surface area contributed by atoms with Gasteiger partial charge in [-0.3, -0.25) is 19.3 Å². The lowest BCUT2D eigenvalue weighted by Gasteiger charge is -2.44. The normalized spacial score (nSPS) is 19.1. The summed E-state index contributed by atoms with van der Waals surface area (Å²) in [7, 11) is 0. The van der Waals surface area contributed by atoms with E-state index in [2.05, 4.69) is 5.32 Å². The Hall–Kier alpha value is -4.37. The first kappa shape index (κ1) is 25.9. The molecule has 0 bridgehead atoms. The highest BCUT2D eigenvalue weighted by Crippen LogP contribution is 2.39. The Kier molecular flexibility index (Phi) is 6.89. The molecule has 1 N–H and O–H groups in total. The van der Waals surface area contributed by atoms with E-state index in [1.54, 1.807) is 40.1 Å². The van der Waals surface area contributed by atoms with E-state index < -0.39 is 11.8 Å². The fourth-order valence-corrected chi connectivity index (χ4v) is 5.58. The van der Waals surface area contributed by atoms with Gasteiger partial charge in [0.15, 0.2) is 11.5 Å². The van der Waals surface area contributed by atoms with Gasteiger partial charge in [0.05, 0.1) is 6.61 Å². The summed E-state index contributed by atoms with van der Waals surface area (Å²) in [5.41, 5.74) is 2.03. The second-order valence-corrected chi connectivity index (χ2v) is 10.4. The molecule has 3 amide bonds. The Bertz CT molecular complexity index is 1420. The van der Waals surface area contributed by atoms with Crippen molar-refractivity contribution in [2.24, 2.45) is 0 Å². The van der Waals surface area contributed by atoms with Gasteiger partial charge in [0.25, 0.3) is 11.8 Å². The molecule has 9 heteroatoms. The summed E-state index contributed by atoms with van der Waals surface area (Å²) in [5, 5.41) is 2.98. The standard InChI is InChI=1S/C31H31N3O6/c1-21-7-9-23(10-8-21)30(37)34-25(28(35)32-18-22-5-3-2-4-6-22)19-40-31(34)13-15-33(16-14-31)29(36)24-11-12-26-27(17-24)39-20-38-26/h2-12,17,25H,13-16,18-20H2,1H3,(H,32,35)/t25-/m0/s1. The number of nitrogens with one attached hydrogen (secondary N) is 1. The molecule has 9 nitrogen and oxygen atoms in total. The fraction of sp³-hybridized carbons (Fsp3) is 0.323. The number of benzene rings is 3. The topological polar surface area (TPSA) is 97.4 Å². The van der Waals surface area contributed by atoms with Crippen LogP contribution < -0.4 is 14.8 Å². The first-order valence-electron chi connectivity index (χ1n) is 13.5. The molecule has 0 unspecified atom stereocenters. The fourth-order valence-electron chi connectivity index (χ4n) is 5.58. The largest absolute Gasteiger partial charge is 0.454 e. The zero-order valence-corrected chi connectivity index (χ0v) is 22.3. The minimum absolute atomic E-state index is 0.0916. The molecule has 40 heavy (non-hydrogen) atoms. The van der Waals surface area contributed by atoms with E-state index in [9.17, 15) is 14.4 Å². The molecule has 2 saturated heterocycles. The van der Waals surface area contributed by atoms with Crippen LogP contribution in [0.1, 0.15) is 44.7 Å². The summed E-state index contributed by atoms with van der Waals surface area (Å²) in [4.78, 5) is 44.0. The van der Waals surface area contributed by atoms with Crippen molar-refractivity contribution in [2.45, 2.75) is 38.1 Å². The molecule has 206 valence electrons. The van der Waals surface area contributed by atoms with Gasteiger partial charge in [0, 0.05) is 43.6 Å². The van der Waals surface area contributed by atoms with E-state index in [4.69, 9.17) is 14.2 Å². The van der Waals surface area contributed by atoms with Crippen LogP contribution in [0.25, 0.3) is 0 Å². The average Bonchev–Trinajstić information content (AvgIpc) is 3.61. The lowest BCUT2D eigenvalue weighted by Crippen LogP contribution is -2.59. The number of rotatable bonds is 5. The average molecular weight is 542 g/mol. The van der Waals surface area contributed by atoms with Gasteiger partial charge < -0.3 is 24.4 Å². The quantitative estimate of drug-likeness (QED) is 0.531. The number of hydrogen-bond donors (Lipinski definition) is 1. The van der Waals surface area contributed by atoms with Crippen molar-refractivity contribution in [3.63, 3.8) is 0 Å². The van der Waals surface area contributed by atoms with Crippen molar-refractivity contribution in [3.8, 4) is 11.5 Å². The molecule has 3 aliphatic heterocycles. The molecule has 0 saturated carbocycles. The highest BCUT2D eigenvalue weighted by atomic mass is 16.7. The number of carbonyl (C=O) groups excluding carboxylic acids is 3. The molecular weight excluding hydrogens is 510 g/mol. The molecule has 3 heterocycles. The maximum Gasteiger partial charge on any atom is 0.256 e. The SMILES string of the molecule is Cc1ccc(C(=O)N2[C@H](C(=O)NCc3ccccc3)COC23CCN(C(=O)c2ccc4c(c2)OCO4)CC3)cc1. The smallest absolute Gasteiger partial charge is 0.256 e. The third kappa shape index (κ3) is 4.88. The van der Waals surface area contributed by atoms with E-state index >= 15 is 0 Å². The third-order valence-corrected chi connectivity index (χ3v) is 7.84. The number of carbonyl (C=O) groups is 3. The molecule has 0 aromatic heterocycles. The van der Waals surface area contributed by atoms with Crippen molar-refractivity contribution < 1.29 is 28.6 Å². The van der Waals surface area contributed by atoms with Gasteiger partial charge in [-0.05, 0) is 42.8 Å². The first-order chi connectivity index (χ1) is 19.4. The van der Waals surface area contributed by atoms with Crippen LogP contribution in [0.4, 0.5) is 0 Å². The predicted octanol–water partition coefficient (Wildman–Crippen LogP) is 3.51. The van der Waals surface area contributed by atoms with Crippen LogP contribution in [0.15, 0.2) is 72.8 Å². The van der Waals surface area contributed by atoms with Crippen LogP contribution in [-0.2, 0) is 16.1 Å². The van der Waals surface area contributed by atoms with E-state index in [-0.39, 0.29) is 31.1 Å². The molecule has 3 aromatic carbocycles. The Morgan fingerprint density at radius 1 is 0.875 bits per heavy atom. The van der Waals surface area contributed by atoms with Crippen LogP contribution in [-0.4, -0.2) is 65.8 Å². The molecule has 6 rings (SSSR count). The Morgan fingerprint density at radius 3 is 2.33 bits per heavy atom. The zero-order valence-electron chi connectivity index (χ0n) is 22.3. The second kappa shape index (κ2) is 10.7. The van der Waals surface area contributed by atoms with Crippen LogP contribution in [0, 0.1) is 6.92 Å². The summed E-state index contributed by atoms with van der Waals surface area (Å²) in [6, 6.07) is 21.3. The number of fused-ring (bicyclic) bond motifs is 1. The van der Waals surface area contributed by atoms with Gasteiger partial charge in [0.1, 0.15) is 11.8 Å². The Labute approximate surface area is 232 Å². The highest BCUT2D eigenvalue weighted by molar-refractivity contribution is 5.99. The first-order valence-corrected chi connectivity index (χ1v) is 13.5. The molecule has 0 radical (unpaired) electrons. The van der Waals surface area contributed by atoms with Crippen LogP contribution in [0.3, 0.4) is 0 Å². The maximum atomic E-state index is 13.9. The summed E-state index contributed by atoms with van der Waals surface area (Å²) in [6.45, 7) is 3.30. The molecule has 3 aromatic rings. The Morgan fingerprint density at radius 2 is 1.57 bits per heavy atom. The maximum absolute atomic E-state index is 13.9. The minimum Gasteiger partial charge on any atom is -0.454 e. The van der Waals surface area contributed by atoms with Gasteiger partial charge >= 0.3 is 0 Å². The molecule has 2 fully saturated rings. The zero-order chi connectivity index (χ0) is 27.7. The highest BCUT2D eigenvalue weighted by Gasteiger charge is 2.54. The molecule has 3 aliphatic rings. The lowest BCUT2D eigenvalue weighted by molar-refractivity contribution is -0.128. The van der Waals surface area contributed by atoms with Gasteiger partial charge in [0.2, 0.25) is 12.7 Å². The number of ether oxygens (including phenoxy) is 3. The van der Waals surface area contributed by atoms with Crippen molar-refractivity contribution >= 4 is 17.7 Å². The number of aryl methyl sites for hydroxylation is 1. The molecular formula is C31H31N3O6. The summed E-state index contributed by atoms with van der Waals surface area (Å²) >= 11 is 0. The van der Waals surface area contributed by atoms with Crippen molar-refractivity contribution in [2.75, 3.05) is 26.5 Å². The van der Waals surface area contributed by atoms with Crippen LogP contribution >= 0.6 is 0 Å². The van der Waals surface area contributed by atoms with Gasteiger partial charge in [-0.25, -0.2) is 0 Å². The van der Waals surface area contributed by atoms with Crippen molar-refractivity contribution in [3.05, 3.63) is 95.1 Å². The van der Waals surface area contributed by atoms with Gasteiger partial charge in [-0.2, -0.15) is 0 Å². The van der Waals surface area contributed by atoms with Gasteiger partial charge in [-0.1, -0.05) is 48.0 Å².